The van der Waals surface area contributed by atoms with Crippen LogP contribution in [0.1, 0.15) is 23.6 Å². The molecule has 0 aliphatic carbocycles. The highest BCUT2D eigenvalue weighted by molar-refractivity contribution is 6.19. The largest absolute Gasteiger partial charge is 0.305 e. The van der Waals surface area contributed by atoms with E-state index in [2.05, 4.69) is 17.2 Å². The van der Waals surface area contributed by atoms with E-state index in [1.54, 1.807) is 24.3 Å². The lowest BCUT2D eigenvalue weighted by Crippen LogP contribution is -2.25. The van der Waals surface area contributed by atoms with Crippen molar-refractivity contribution in [3.63, 3.8) is 0 Å². The van der Waals surface area contributed by atoms with Crippen LogP contribution in [-0.4, -0.2) is 11.7 Å². The Balaban J connectivity index is 1.92. The molecule has 3 rings (SSSR count). The van der Waals surface area contributed by atoms with Crippen molar-refractivity contribution in [2.75, 3.05) is 0 Å². The van der Waals surface area contributed by atoms with Crippen LogP contribution in [0.5, 0.6) is 0 Å². The Morgan fingerprint density at radius 3 is 2.55 bits per heavy atom. The van der Waals surface area contributed by atoms with E-state index in [0.717, 1.165) is 12.0 Å². The predicted octanol–water partition coefficient (Wildman–Crippen LogP) is 3.31. The number of carbonyl (C=O) groups excluding carboxylic acids is 1. The fourth-order valence-electron chi connectivity index (χ4n) is 2.26. The van der Waals surface area contributed by atoms with Gasteiger partial charge in [-0.1, -0.05) is 43.3 Å². The minimum atomic E-state index is -0.407. The molecule has 1 amide bonds. The van der Waals surface area contributed by atoms with Gasteiger partial charge in [0.25, 0.3) is 5.91 Å². The quantitative estimate of drug-likeness (QED) is 0.867. The van der Waals surface area contributed by atoms with Crippen LogP contribution in [-0.2, 0) is 11.2 Å². The highest BCUT2D eigenvalue weighted by Crippen LogP contribution is 2.17. The molecule has 0 fully saturated rings. The van der Waals surface area contributed by atoms with Crippen molar-refractivity contribution in [3.05, 3.63) is 76.7 Å². The van der Waals surface area contributed by atoms with Crippen LogP contribution in [0.4, 0.5) is 4.39 Å². The number of halogens is 1. The third-order valence-electron chi connectivity index (χ3n) is 3.52. The average molecular weight is 294 g/mol. The second-order valence-corrected chi connectivity index (χ2v) is 5.02. The standard InChI is InChI=1S/C18H15FN2O/c1-2-12-7-9-13(10-8-12)11-16-18(22)21-17(20-16)14-5-3-4-6-15(14)19/h3-11H,2H2,1H3,(H,20,21,22)/b16-11+. The number of nitrogens with one attached hydrogen (secondary N) is 1. The van der Waals surface area contributed by atoms with E-state index in [9.17, 15) is 9.18 Å². The van der Waals surface area contributed by atoms with Crippen LogP contribution >= 0.6 is 0 Å². The molecule has 0 aromatic heterocycles. The van der Waals surface area contributed by atoms with E-state index in [0.29, 0.717) is 5.56 Å². The van der Waals surface area contributed by atoms with Crippen molar-refractivity contribution in [2.24, 2.45) is 4.99 Å². The second-order valence-electron chi connectivity index (χ2n) is 5.02. The summed E-state index contributed by atoms with van der Waals surface area (Å²) in [6.45, 7) is 2.09. The molecule has 0 atom stereocenters. The normalized spacial score (nSPS) is 15.8. The van der Waals surface area contributed by atoms with Crippen LogP contribution in [0.2, 0.25) is 0 Å². The van der Waals surface area contributed by atoms with Gasteiger partial charge in [0, 0.05) is 0 Å². The lowest BCUT2D eigenvalue weighted by Gasteiger charge is -2.00. The van der Waals surface area contributed by atoms with Gasteiger partial charge in [0.15, 0.2) is 0 Å². The summed E-state index contributed by atoms with van der Waals surface area (Å²) in [5, 5.41) is 2.61. The number of hydrogen-bond donors (Lipinski definition) is 1. The SMILES string of the molecule is CCc1ccc(/C=C2/N=C(c3ccccc3F)NC2=O)cc1. The molecule has 1 aliphatic heterocycles. The van der Waals surface area contributed by atoms with Gasteiger partial charge in [0.05, 0.1) is 5.56 Å². The highest BCUT2D eigenvalue weighted by Gasteiger charge is 2.22. The Labute approximate surface area is 128 Å². The number of hydrogen-bond acceptors (Lipinski definition) is 2. The molecule has 0 bridgehead atoms. The first-order valence-corrected chi connectivity index (χ1v) is 7.13. The average Bonchev–Trinajstić information content (AvgIpc) is 2.89. The zero-order valence-corrected chi connectivity index (χ0v) is 12.1. The summed E-state index contributed by atoms with van der Waals surface area (Å²) in [6, 6.07) is 14.1. The molecule has 0 radical (unpaired) electrons. The Morgan fingerprint density at radius 2 is 1.86 bits per heavy atom. The monoisotopic (exact) mass is 294 g/mol. The van der Waals surface area contributed by atoms with Crippen molar-refractivity contribution in [1.29, 1.82) is 0 Å². The fourth-order valence-corrected chi connectivity index (χ4v) is 2.26. The predicted molar refractivity (Wildman–Crippen MR) is 84.9 cm³/mol. The molecule has 2 aromatic carbocycles. The molecule has 0 saturated heterocycles. The number of aryl methyl sites for hydroxylation is 1. The zero-order chi connectivity index (χ0) is 15.5. The summed E-state index contributed by atoms with van der Waals surface area (Å²) in [5.74, 6) is -0.479. The summed E-state index contributed by atoms with van der Waals surface area (Å²) in [7, 11) is 0. The zero-order valence-electron chi connectivity index (χ0n) is 12.1. The maximum atomic E-state index is 13.8. The summed E-state index contributed by atoms with van der Waals surface area (Å²) < 4.78 is 13.8. The topological polar surface area (TPSA) is 41.5 Å². The van der Waals surface area contributed by atoms with E-state index >= 15 is 0 Å². The molecular formula is C18H15FN2O. The van der Waals surface area contributed by atoms with Gasteiger partial charge >= 0.3 is 0 Å². The Hall–Kier alpha value is -2.75. The van der Waals surface area contributed by atoms with Gasteiger partial charge in [-0.3, -0.25) is 4.79 Å². The Morgan fingerprint density at radius 1 is 1.14 bits per heavy atom. The maximum Gasteiger partial charge on any atom is 0.275 e. The summed E-state index contributed by atoms with van der Waals surface area (Å²) >= 11 is 0. The molecule has 0 saturated carbocycles. The molecule has 0 unspecified atom stereocenters. The van der Waals surface area contributed by atoms with Crippen LogP contribution in [0.3, 0.4) is 0 Å². The highest BCUT2D eigenvalue weighted by atomic mass is 19.1. The number of nitrogens with zero attached hydrogens (tertiary/aromatic N) is 1. The van der Waals surface area contributed by atoms with Gasteiger partial charge in [0.2, 0.25) is 0 Å². The molecule has 0 spiro atoms. The van der Waals surface area contributed by atoms with E-state index in [-0.39, 0.29) is 17.4 Å². The summed E-state index contributed by atoms with van der Waals surface area (Å²) in [5.41, 5.74) is 2.69. The van der Waals surface area contributed by atoms with Crippen molar-refractivity contribution in [3.8, 4) is 0 Å². The van der Waals surface area contributed by atoms with Crippen LogP contribution in [0.25, 0.3) is 6.08 Å². The van der Waals surface area contributed by atoms with Gasteiger partial charge in [-0.2, -0.15) is 0 Å². The van der Waals surface area contributed by atoms with Gasteiger partial charge in [0.1, 0.15) is 17.3 Å². The lowest BCUT2D eigenvalue weighted by molar-refractivity contribution is -0.115. The molecule has 3 nitrogen and oxygen atoms in total. The van der Waals surface area contributed by atoms with Crippen molar-refractivity contribution >= 4 is 17.8 Å². The van der Waals surface area contributed by atoms with Crippen molar-refractivity contribution in [2.45, 2.75) is 13.3 Å². The van der Waals surface area contributed by atoms with Crippen molar-refractivity contribution in [1.82, 2.24) is 5.32 Å². The first-order valence-electron chi connectivity index (χ1n) is 7.13. The van der Waals surface area contributed by atoms with Crippen LogP contribution in [0.15, 0.2) is 59.2 Å². The lowest BCUT2D eigenvalue weighted by atomic mass is 10.1. The maximum absolute atomic E-state index is 13.8. The van der Waals surface area contributed by atoms with E-state index in [1.165, 1.54) is 11.6 Å². The first-order chi connectivity index (χ1) is 10.7. The Bertz CT molecular complexity index is 776. The second kappa shape index (κ2) is 5.93. The number of amides is 1. The number of benzene rings is 2. The summed E-state index contributed by atoms with van der Waals surface area (Å²) in [4.78, 5) is 16.2. The molecule has 22 heavy (non-hydrogen) atoms. The number of aliphatic imine (C=N–C) groups is 1. The fraction of sp³-hybridized carbons (Fsp3) is 0.111. The first kappa shape index (κ1) is 14.2. The minimum absolute atomic E-state index is 0.250. The molecule has 1 aliphatic rings. The molecule has 2 aromatic rings. The van der Waals surface area contributed by atoms with Crippen LogP contribution in [0, 0.1) is 5.82 Å². The molecular weight excluding hydrogens is 279 g/mol. The van der Waals surface area contributed by atoms with E-state index < -0.39 is 5.82 Å². The smallest absolute Gasteiger partial charge is 0.275 e. The number of amidine groups is 1. The third-order valence-corrected chi connectivity index (χ3v) is 3.52. The van der Waals surface area contributed by atoms with E-state index in [4.69, 9.17) is 0 Å². The molecule has 4 heteroatoms. The summed E-state index contributed by atoms with van der Waals surface area (Å²) in [6.07, 6.45) is 2.66. The van der Waals surface area contributed by atoms with Gasteiger partial charge < -0.3 is 5.32 Å². The minimum Gasteiger partial charge on any atom is -0.305 e. The third kappa shape index (κ3) is 2.81. The van der Waals surface area contributed by atoms with Gasteiger partial charge in [-0.05, 0) is 35.8 Å². The van der Waals surface area contributed by atoms with Crippen LogP contribution < -0.4 is 5.32 Å². The van der Waals surface area contributed by atoms with Gasteiger partial charge in [-0.25, -0.2) is 9.38 Å². The molecule has 1 heterocycles. The number of rotatable bonds is 3. The molecule has 110 valence electrons. The Kier molecular flexibility index (Phi) is 3.83. The number of carbonyl (C=O) groups is 1. The van der Waals surface area contributed by atoms with E-state index in [1.807, 2.05) is 24.3 Å². The van der Waals surface area contributed by atoms with Crippen molar-refractivity contribution < 1.29 is 9.18 Å². The van der Waals surface area contributed by atoms with Gasteiger partial charge in [-0.15, -0.1) is 0 Å². The molecule has 1 N–H and O–H groups in total.